The number of rotatable bonds is 4. The van der Waals surface area contributed by atoms with Crippen molar-refractivity contribution in [3.8, 4) is 0 Å². The van der Waals surface area contributed by atoms with Crippen LogP contribution in [0.3, 0.4) is 0 Å². The molecule has 0 amide bonds. The van der Waals surface area contributed by atoms with Crippen molar-refractivity contribution in [1.82, 2.24) is 9.78 Å². The molecule has 1 aromatic rings. The van der Waals surface area contributed by atoms with E-state index in [1.807, 2.05) is 6.92 Å². The quantitative estimate of drug-likeness (QED) is 0.899. The van der Waals surface area contributed by atoms with Crippen LogP contribution in [0.5, 0.6) is 0 Å². The van der Waals surface area contributed by atoms with Crippen LogP contribution in [0.2, 0.25) is 5.02 Å². The lowest BCUT2D eigenvalue weighted by atomic mass is 10.2. The van der Waals surface area contributed by atoms with Crippen LogP contribution in [-0.2, 0) is 6.54 Å². The highest BCUT2D eigenvalue weighted by atomic mass is 35.5. The first-order valence-electron chi connectivity index (χ1n) is 4.81. The normalized spacial score (nSPS) is 14.1. The van der Waals surface area contributed by atoms with Gasteiger partial charge in [0.1, 0.15) is 6.10 Å². The average Bonchev–Trinajstić information content (AvgIpc) is 2.44. The third-order valence-corrected chi connectivity index (χ3v) is 2.30. The predicted molar refractivity (Wildman–Crippen MR) is 53.2 cm³/mol. The summed E-state index contributed by atoms with van der Waals surface area (Å²) in [5.41, 5.74) is 0.0286. The van der Waals surface area contributed by atoms with Crippen molar-refractivity contribution in [2.75, 3.05) is 0 Å². The second kappa shape index (κ2) is 5.05. The molecular weight excluding hydrogens is 245 g/mol. The van der Waals surface area contributed by atoms with E-state index < -0.39 is 18.7 Å². The van der Waals surface area contributed by atoms with E-state index in [1.165, 1.54) is 10.9 Å². The Kier molecular flexibility index (Phi) is 4.21. The van der Waals surface area contributed by atoms with Gasteiger partial charge in [0.05, 0.1) is 23.3 Å². The van der Waals surface area contributed by atoms with Gasteiger partial charge in [0.25, 0.3) is 0 Å². The molecule has 1 N–H and O–H groups in total. The Morgan fingerprint density at radius 1 is 1.56 bits per heavy atom. The van der Waals surface area contributed by atoms with Gasteiger partial charge in [-0.2, -0.15) is 18.3 Å². The Morgan fingerprint density at radius 3 is 2.69 bits per heavy atom. The Labute approximate surface area is 95.8 Å². The molecule has 0 aromatic carbocycles. The molecule has 0 aliphatic rings. The number of hydrogen-bond acceptors (Lipinski definition) is 2. The molecule has 0 aliphatic carbocycles. The van der Waals surface area contributed by atoms with E-state index in [2.05, 4.69) is 5.10 Å². The lowest BCUT2D eigenvalue weighted by Crippen LogP contribution is -2.17. The summed E-state index contributed by atoms with van der Waals surface area (Å²) in [6, 6.07) is 0. The van der Waals surface area contributed by atoms with Crippen LogP contribution < -0.4 is 0 Å². The molecule has 0 saturated heterocycles. The third-order valence-electron chi connectivity index (χ3n) is 2.01. The molecule has 0 fully saturated rings. The van der Waals surface area contributed by atoms with E-state index in [1.54, 1.807) is 0 Å². The average molecular weight is 257 g/mol. The predicted octanol–water partition coefficient (Wildman–Crippen LogP) is 2.93. The molecule has 3 nitrogen and oxygen atoms in total. The summed E-state index contributed by atoms with van der Waals surface area (Å²) in [5, 5.41) is 13.3. The number of halogens is 4. The van der Waals surface area contributed by atoms with E-state index in [0.717, 1.165) is 0 Å². The lowest BCUT2D eigenvalue weighted by molar-refractivity contribution is -0.154. The van der Waals surface area contributed by atoms with Gasteiger partial charge in [0, 0.05) is 6.54 Å². The maximum atomic E-state index is 12.1. The summed E-state index contributed by atoms with van der Waals surface area (Å²) in [6.07, 6.45) is -5.47. The number of alkyl halides is 3. The van der Waals surface area contributed by atoms with Crippen molar-refractivity contribution < 1.29 is 18.3 Å². The minimum Gasteiger partial charge on any atom is -0.386 e. The highest BCUT2D eigenvalue weighted by Crippen LogP contribution is 2.32. The second-order valence-electron chi connectivity index (χ2n) is 3.44. The van der Waals surface area contributed by atoms with Crippen LogP contribution in [0.4, 0.5) is 13.2 Å². The van der Waals surface area contributed by atoms with E-state index in [-0.39, 0.29) is 10.7 Å². The van der Waals surface area contributed by atoms with Crippen LogP contribution in [0, 0.1) is 0 Å². The van der Waals surface area contributed by atoms with Gasteiger partial charge in [-0.25, -0.2) is 0 Å². The smallest absolute Gasteiger partial charge is 0.386 e. The molecule has 1 rings (SSSR count). The molecule has 0 aliphatic heterocycles. The van der Waals surface area contributed by atoms with Gasteiger partial charge in [-0.05, 0) is 6.42 Å². The summed E-state index contributed by atoms with van der Waals surface area (Å²) >= 11 is 5.69. The fourth-order valence-electron chi connectivity index (χ4n) is 1.41. The third kappa shape index (κ3) is 3.38. The first-order chi connectivity index (χ1) is 7.35. The van der Waals surface area contributed by atoms with Gasteiger partial charge >= 0.3 is 6.18 Å². The standard InChI is InChI=1S/C9H12ClF3N2O/c1-2-3-15-8(6(10)5-14-15)7(16)4-9(11,12)13/h5,7,16H,2-4H2,1H3. The van der Waals surface area contributed by atoms with E-state index in [9.17, 15) is 18.3 Å². The molecule has 92 valence electrons. The van der Waals surface area contributed by atoms with Gasteiger partial charge in [0.15, 0.2) is 0 Å². The zero-order chi connectivity index (χ0) is 12.3. The van der Waals surface area contributed by atoms with Crippen LogP contribution in [0.1, 0.15) is 31.6 Å². The summed E-state index contributed by atoms with van der Waals surface area (Å²) in [6.45, 7) is 2.28. The van der Waals surface area contributed by atoms with Crippen LogP contribution in [0.25, 0.3) is 0 Å². The van der Waals surface area contributed by atoms with E-state index >= 15 is 0 Å². The number of aryl methyl sites for hydroxylation is 1. The SMILES string of the molecule is CCCn1ncc(Cl)c1C(O)CC(F)(F)F. The maximum absolute atomic E-state index is 12.1. The van der Waals surface area contributed by atoms with Crippen molar-refractivity contribution >= 4 is 11.6 Å². The summed E-state index contributed by atoms with van der Waals surface area (Å²) in [5.74, 6) is 0. The highest BCUT2D eigenvalue weighted by molar-refractivity contribution is 6.31. The molecule has 7 heteroatoms. The molecule has 1 heterocycles. The fraction of sp³-hybridized carbons (Fsp3) is 0.667. The molecule has 1 aromatic heterocycles. The number of aliphatic hydroxyl groups excluding tert-OH is 1. The highest BCUT2D eigenvalue weighted by Gasteiger charge is 2.34. The number of hydrogen-bond donors (Lipinski definition) is 1. The minimum atomic E-state index is -4.43. The molecule has 0 bridgehead atoms. The Hall–Kier alpha value is -0.750. The molecule has 0 saturated carbocycles. The van der Waals surface area contributed by atoms with Crippen LogP contribution in [-0.4, -0.2) is 21.1 Å². The molecule has 0 radical (unpaired) electrons. The van der Waals surface area contributed by atoms with Crippen molar-refractivity contribution in [2.24, 2.45) is 0 Å². The van der Waals surface area contributed by atoms with E-state index in [4.69, 9.17) is 11.6 Å². The summed E-state index contributed by atoms with van der Waals surface area (Å²) in [4.78, 5) is 0. The number of nitrogens with zero attached hydrogens (tertiary/aromatic N) is 2. The van der Waals surface area contributed by atoms with Crippen LogP contribution in [0.15, 0.2) is 6.20 Å². The van der Waals surface area contributed by atoms with E-state index in [0.29, 0.717) is 13.0 Å². The Morgan fingerprint density at radius 2 is 2.19 bits per heavy atom. The summed E-state index contributed by atoms with van der Waals surface area (Å²) in [7, 11) is 0. The Balaban J connectivity index is 2.88. The Bertz CT molecular complexity index is 351. The van der Waals surface area contributed by atoms with Crippen molar-refractivity contribution in [2.45, 2.75) is 38.6 Å². The molecule has 1 atom stereocenters. The largest absolute Gasteiger partial charge is 0.391 e. The molecule has 1 unspecified atom stereocenters. The fourth-order valence-corrected chi connectivity index (χ4v) is 1.68. The second-order valence-corrected chi connectivity index (χ2v) is 3.84. The maximum Gasteiger partial charge on any atom is 0.391 e. The minimum absolute atomic E-state index is 0.0286. The van der Waals surface area contributed by atoms with Crippen molar-refractivity contribution in [1.29, 1.82) is 0 Å². The number of aromatic nitrogens is 2. The van der Waals surface area contributed by atoms with Gasteiger partial charge in [-0.15, -0.1) is 0 Å². The van der Waals surface area contributed by atoms with Gasteiger partial charge < -0.3 is 5.11 Å². The zero-order valence-corrected chi connectivity index (χ0v) is 9.39. The molecule has 16 heavy (non-hydrogen) atoms. The van der Waals surface area contributed by atoms with Crippen molar-refractivity contribution in [3.63, 3.8) is 0 Å². The summed E-state index contributed by atoms with van der Waals surface area (Å²) < 4.78 is 37.6. The van der Waals surface area contributed by atoms with Gasteiger partial charge in [0.2, 0.25) is 0 Å². The molecular formula is C9H12ClF3N2O. The van der Waals surface area contributed by atoms with Crippen molar-refractivity contribution in [3.05, 3.63) is 16.9 Å². The topological polar surface area (TPSA) is 38.0 Å². The van der Waals surface area contributed by atoms with Gasteiger partial charge in [-0.3, -0.25) is 4.68 Å². The van der Waals surface area contributed by atoms with Gasteiger partial charge in [-0.1, -0.05) is 18.5 Å². The first-order valence-corrected chi connectivity index (χ1v) is 5.19. The lowest BCUT2D eigenvalue weighted by Gasteiger charge is -2.15. The molecule has 0 spiro atoms. The zero-order valence-electron chi connectivity index (χ0n) is 8.63. The van der Waals surface area contributed by atoms with Crippen LogP contribution >= 0.6 is 11.6 Å². The number of aliphatic hydroxyl groups is 1. The first kappa shape index (κ1) is 13.3. The monoisotopic (exact) mass is 256 g/mol.